The number of hydrogen-bond donors (Lipinski definition) is 2. The van der Waals surface area contributed by atoms with E-state index in [1.807, 2.05) is 0 Å². The monoisotopic (exact) mass is 498 g/mol. The number of nitrogens with one attached hydrogen (secondary N) is 1. The van der Waals surface area contributed by atoms with Gasteiger partial charge in [0, 0.05) is 25.2 Å². The predicted molar refractivity (Wildman–Crippen MR) is 127 cm³/mol. The highest BCUT2D eigenvalue weighted by Crippen LogP contribution is 2.59. The molecule has 2 N–H and O–H groups in total. The lowest BCUT2D eigenvalue weighted by molar-refractivity contribution is -0.128. The number of benzene rings is 1. The normalized spacial score (nSPS) is 26.4. The van der Waals surface area contributed by atoms with Crippen LogP contribution in [-0.2, 0) is 4.79 Å². The van der Waals surface area contributed by atoms with Crippen LogP contribution in [0.3, 0.4) is 0 Å². The molecule has 8 nitrogen and oxygen atoms in total. The average molecular weight is 499 g/mol. The van der Waals surface area contributed by atoms with Crippen molar-refractivity contribution in [3.05, 3.63) is 47.3 Å². The molecular formula is C25H24ClFN4O4. The Morgan fingerprint density at radius 3 is 2.74 bits per heavy atom. The van der Waals surface area contributed by atoms with Crippen LogP contribution in [0.15, 0.2) is 30.9 Å². The van der Waals surface area contributed by atoms with Gasteiger partial charge in [-0.2, -0.15) is 0 Å². The first-order valence-electron chi connectivity index (χ1n) is 11.6. The maximum Gasteiger partial charge on any atom is 0.261 e. The number of nitrogens with zero attached hydrogens (tertiary/aromatic N) is 3. The number of phenols is 1. The van der Waals surface area contributed by atoms with E-state index in [-0.39, 0.29) is 63.1 Å². The maximum absolute atomic E-state index is 14.8. The Morgan fingerprint density at radius 2 is 2.09 bits per heavy atom. The summed E-state index contributed by atoms with van der Waals surface area (Å²) >= 11 is 6.70. The van der Waals surface area contributed by atoms with Crippen LogP contribution in [0.4, 0.5) is 10.2 Å². The third kappa shape index (κ3) is 3.36. The summed E-state index contributed by atoms with van der Waals surface area (Å²) in [6, 6.07) is 3.57. The van der Waals surface area contributed by atoms with E-state index in [2.05, 4.69) is 16.9 Å². The number of rotatable bonds is 4. The average Bonchev–Trinajstić information content (AvgIpc) is 2.93. The number of piperazine rings is 1. The number of amides is 2. The second kappa shape index (κ2) is 7.84. The van der Waals surface area contributed by atoms with Gasteiger partial charge in [-0.05, 0) is 43.4 Å². The summed E-state index contributed by atoms with van der Waals surface area (Å²) in [6.07, 6.45) is 4.19. The molecule has 2 amide bonds. The van der Waals surface area contributed by atoms with Crippen LogP contribution < -0.4 is 10.1 Å². The van der Waals surface area contributed by atoms with E-state index in [1.165, 1.54) is 24.3 Å². The molecule has 182 valence electrons. The van der Waals surface area contributed by atoms with Crippen LogP contribution in [-0.4, -0.2) is 69.5 Å². The van der Waals surface area contributed by atoms with Gasteiger partial charge in [0.1, 0.15) is 40.3 Å². The number of halogens is 2. The topological polar surface area (TPSA) is 95.0 Å². The van der Waals surface area contributed by atoms with Gasteiger partial charge in [0.05, 0.1) is 11.6 Å². The molecule has 1 aromatic heterocycles. The summed E-state index contributed by atoms with van der Waals surface area (Å²) in [4.78, 5) is 33.9. The summed E-state index contributed by atoms with van der Waals surface area (Å²) < 4.78 is 20.9. The van der Waals surface area contributed by atoms with Crippen molar-refractivity contribution in [2.75, 3.05) is 31.6 Å². The first-order chi connectivity index (χ1) is 16.8. The number of aromatic hydroxyl groups is 1. The maximum atomic E-state index is 14.8. The fourth-order valence-electron chi connectivity index (χ4n) is 5.68. The molecule has 3 heterocycles. The lowest BCUT2D eigenvalue weighted by Crippen LogP contribution is -2.63. The number of phenolic OH excluding ortho intramolecular Hbond substituents is 1. The van der Waals surface area contributed by atoms with Crippen LogP contribution in [0, 0.1) is 11.7 Å². The second-order valence-corrected chi connectivity index (χ2v) is 10.2. The molecule has 3 saturated carbocycles. The summed E-state index contributed by atoms with van der Waals surface area (Å²) in [6.45, 7) is 4.64. The molecule has 2 bridgehead atoms. The molecule has 4 fully saturated rings. The van der Waals surface area contributed by atoms with Gasteiger partial charge in [0.15, 0.2) is 5.75 Å². The minimum atomic E-state index is -0.688. The molecule has 1 saturated heterocycles. The number of hydrogen-bond acceptors (Lipinski definition) is 6. The van der Waals surface area contributed by atoms with Crippen LogP contribution >= 0.6 is 11.6 Å². The SMILES string of the molecule is C=CC(=O)N1CCN2C(=O)c3c(NC45CC(C4)C5)nc(-c4c(O)cccc4F)c(Cl)c3OC[C@H]2C1. The highest BCUT2D eigenvalue weighted by Gasteiger charge is 2.57. The first kappa shape index (κ1) is 22.2. The van der Waals surface area contributed by atoms with Crippen molar-refractivity contribution in [3.8, 4) is 22.8 Å². The minimum absolute atomic E-state index is 0.00578. The molecule has 0 unspecified atom stereocenters. The number of anilines is 1. The Hall–Kier alpha value is -3.33. The van der Waals surface area contributed by atoms with E-state index in [9.17, 15) is 19.1 Å². The van der Waals surface area contributed by atoms with Crippen LogP contribution in [0.1, 0.15) is 29.6 Å². The van der Waals surface area contributed by atoms with E-state index >= 15 is 0 Å². The summed E-state index contributed by atoms with van der Waals surface area (Å²) in [7, 11) is 0. The number of fused-ring (bicyclic) bond motifs is 2. The van der Waals surface area contributed by atoms with Crippen molar-refractivity contribution in [2.24, 2.45) is 5.92 Å². The Labute approximate surface area is 206 Å². The third-order valence-electron chi connectivity index (χ3n) is 7.61. The molecule has 2 aliphatic heterocycles. The van der Waals surface area contributed by atoms with Gasteiger partial charge in [0.25, 0.3) is 5.91 Å². The number of ether oxygens (including phenoxy) is 1. The van der Waals surface area contributed by atoms with E-state index in [0.29, 0.717) is 25.6 Å². The number of carbonyl (C=O) groups excluding carboxylic acids is 2. The Balaban J connectivity index is 1.46. The summed E-state index contributed by atoms with van der Waals surface area (Å²) in [5.41, 5.74) is -0.0900. The fourth-order valence-corrected chi connectivity index (χ4v) is 5.96. The van der Waals surface area contributed by atoms with Crippen LogP contribution in [0.2, 0.25) is 5.02 Å². The zero-order chi connectivity index (χ0) is 24.5. The molecule has 0 radical (unpaired) electrons. The fraction of sp³-hybridized carbons (Fsp3) is 0.400. The third-order valence-corrected chi connectivity index (χ3v) is 7.96. The molecule has 7 rings (SSSR count). The van der Waals surface area contributed by atoms with E-state index in [4.69, 9.17) is 16.3 Å². The van der Waals surface area contributed by atoms with E-state index in [1.54, 1.807) is 9.80 Å². The van der Waals surface area contributed by atoms with Crippen LogP contribution in [0.5, 0.6) is 11.5 Å². The Kier molecular flexibility index (Phi) is 4.96. The Bertz CT molecular complexity index is 1250. The molecule has 1 atom stereocenters. The van der Waals surface area contributed by atoms with E-state index < -0.39 is 11.9 Å². The molecule has 10 heteroatoms. The quantitative estimate of drug-likeness (QED) is 0.627. The number of pyridine rings is 1. The van der Waals surface area contributed by atoms with Crippen molar-refractivity contribution >= 4 is 29.2 Å². The molecule has 3 aliphatic carbocycles. The number of aromatic nitrogens is 1. The highest BCUT2D eigenvalue weighted by molar-refractivity contribution is 6.35. The zero-order valence-corrected chi connectivity index (χ0v) is 19.6. The Morgan fingerprint density at radius 1 is 1.31 bits per heavy atom. The number of carbonyl (C=O) groups is 2. The molecule has 0 spiro atoms. The van der Waals surface area contributed by atoms with Crippen molar-refractivity contribution < 1.29 is 23.8 Å². The molecule has 5 aliphatic rings. The second-order valence-electron chi connectivity index (χ2n) is 9.80. The molecule has 1 aromatic carbocycles. The standard InChI is InChI=1S/C25H24ClFN4O4/c1-2-17(33)30-6-7-31-14(11-30)12-35-22-19(24(31)34)23(29-25-8-13(9-25)10-25)28-21(20(22)26)18-15(27)4-3-5-16(18)32/h2-5,13-14,32H,1,6-12H2,(H,28,29)/t13?,14-,25?/m1/s1. The summed E-state index contributed by atoms with van der Waals surface area (Å²) in [5.74, 6) is -0.457. The van der Waals surface area contributed by atoms with Gasteiger partial charge in [-0.1, -0.05) is 24.2 Å². The van der Waals surface area contributed by atoms with Gasteiger partial charge < -0.3 is 25.0 Å². The first-order valence-corrected chi connectivity index (χ1v) is 12.0. The summed E-state index contributed by atoms with van der Waals surface area (Å²) in [5, 5.41) is 13.8. The predicted octanol–water partition coefficient (Wildman–Crippen LogP) is 3.44. The smallest absolute Gasteiger partial charge is 0.261 e. The van der Waals surface area contributed by atoms with Crippen molar-refractivity contribution in [2.45, 2.75) is 30.8 Å². The molecular weight excluding hydrogens is 475 g/mol. The van der Waals surface area contributed by atoms with Crippen molar-refractivity contribution in [1.29, 1.82) is 0 Å². The van der Waals surface area contributed by atoms with Gasteiger partial charge in [0.2, 0.25) is 5.91 Å². The lowest BCUT2D eigenvalue weighted by atomic mass is 9.50. The molecule has 35 heavy (non-hydrogen) atoms. The van der Waals surface area contributed by atoms with Crippen molar-refractivity contribution in [3.63, 3.8) is 0 Å². The largest absolute Gasteiger partial charge is 0.507 e. The van der Waals surface area contributed by atoms with Crippen LogP contribution in [0.25, 0.3) is 11.3 Å². The highest BCUT2D eigenvalue weighted by atomic mass is 35.5. The zero-order valence-electron chi connectivity index (χ0n) is 18.9. The lowest BCUT2D eigenvalue weighted by Gasteiger charge is -2.62. The van der Waals surface area contributed by atoms with Gasteiger partial charge in [-0.25, -0.2) is 9.37 Å². The van der Waals surface area contributed by atoms with Gasteiger partial charge in [-0.3, -0.25) is 9.59 Å². The van der Waals surface area contributed by atoms with Gasteiger partial charge >= 0.3 is 0 Å². The minimum Gasteiger partial charge on any atom is -0.507 e. The molecule has 2 aromatic rings. The van der Waals surface area contributed by atoms with Gasteiger partial charge in [-0.15, -0.1) is 0 Å². The van der Waals surface area contributed by atoms with E-state index in [0.717, 1.165) is 19.3 Å². The van der Waals surface area contributed by atoms with Crippen molar-refractivity contribution in [1.82, 2.24) is 14.8 Å².